The highest BCUT2D eigenvalue weighted by Crippen LogP contribution is 2.35. The molecular formula is C12H22N2OS2. The fourth-order valence-corrected chi connectivity index (χ4v) is 3.40. The molecule has 2 N–H and O–H groups in total. The minimum Gasteiger partial charge on any atom is -0.392 e. The summed E-state index contributed by atoms with van der Waals surface area (Å²) in [6, 6.07) is 0. The van der Waals surface area contributed by atoms with Crippen molar-refractivity contribution in [2.45, 2.75) is 43.8 Å². The summed E-state index contributed by atoms with van der Waals surface area (Å²) in [4.78, 5) is 14.4. The molecule has 1 aliphatic heterocycles. The van der Waals surface area contributed by atoms with E-state index in [2.05, 4.69) is 6.92 Å². The topological polar surface area (TPSA) is 46.3 Å². The molecule has 1 saturated heterocycles. The summed E-state index contributed by atoms with van der Waals surface area (Å²) in [5, 5.41) is 0. The van der Waals surface area contributed by atoms with Gasteiger partial charge in [-0.2, -0.15) is 11.8 Å². The maximum absolute atomic E-state index is 11.9. The number of unbranched alkanes of at least 4 members (excludes halogenated alkanes) is 1. The van der Waals surface area contributed by atoms with E-state index in [0.717, 1.165) is 38.8 Å². The van der Waals surface area contributed by atoms with E-state index in [-0.39, 0.29) is 10.7 Å². The number of nitrogens with zero attached hydrogens (tertiary/aromatic N) is 1. The fourth-order valence-electron chi connectivity index (χ4n) is 2.15. The van der Waals surface area contributed by atoms with Crippen LogP contribution >= 0.6 is 24.0 Å². The smallest absolute Gasteiger partial charge is 0.222 e. The molecule has 3 nitrogen and oxygen atoms in total. The van der Waals surface area contributed by atoms with Crippen LogP contribution in [-0.2, 0) is 4.79 Å². The monoisotopic (exact) mass is 274 g/mol. The highest BCUT2D eigenvalue weighted by molar-refractivity contribution is 8.02. The van der Waals surface area contributed by atoms with Gasteiger partial charge in [-0.05, 0) is 25.5 Å². The number of rotatable bonds is 5. The minimum atomic E-state index is -0.0864. The first kappa shape index (κ1) is 14.8. The van der Waals surface area contributed by atoms with Crippen LogP contribution in [0.3, 0.4) is 0 Å². The van der Waals surface area contributed by atoms with E-state index in [0.29, 0.717) is 11.4 Å². The molecule has 0 radical (unpaired) electrons. The van der Waals surface area contributed by atoms with Crippen molar-refractivity contribution in [1.29, 1.82) is 0 Å². The highest BCUT2D eigenvalue weighted by atomic mass is 32.2. The van der Waals surface area contributed by atoms with Crippen molar-refractivity contribution in [2.24, 2.45) is 5.73 Å². The molecule has 0 spiro atoms. The molecule has 5 heteroatoms. The highest BCUT2D eigenvalue weighted by Gasteiger charge is 2.37. The number of hydrogen-bond acceptors (Lipinski definition) is 3. The number of amides is 1. The van der Waals surface area contributed by atoms with Crippen LogP contribution in [0.4, 0.5) is 0 Å². The third-order valence-electron chi connectivity index (χ3n) is 3.51. The Labute approximate surface area is 113 Å². The van der Waals surface area contributed by atoms with E-state index in [4.69, 9.17) is 18.0 Å². The summed E-state index contributed by atoms with van der Waals surface area (Å²) in [5.41, 5.74) is 5.82. The van der Waals surface area contributed by atoms with Gasteiger partial charge in [0, 0.05) is 19.5 Å². The van der Waals surface area contributed by atoms with Gasteiger partial charge in [-0.3, -0.25) is 4.79 Å². The van der Waals surface area contributed by atoms with Crippen molar-refractivity contribution in [2.75, 3.05) is 19.3 Å². The van der Waals surface area contributed by atoms with Crippen molar-refractivity contribution >= 4 is 34.9 Å². The molecule has 1 amide bonds. The Bertz CT molecular complexity index is 286. The summed E-state index contributed by atoms with van der Waals surface area (Å²) in [6.45, 7) is 3.69. The maximum atomic E-state index is 11.9. The number of nitrogens with two attached hydrogens (primary N) is 1. The molecule has 1 aliphatic rings. The number of thioether (sulfide) groups is 1. The summed E-state index contributed by atoms with van der Waals surface area (Å²) in [6.07, 6.45) is 6.56. The second-order valence-corrected chi connectivity index (χ2v) is 6.18. The van der Waals surface area contributed by atoms with Crippen molar-refractivity contribution in [3.63, 3.8) is 0 Å². The van der Waals surface area contributed by atoms with Gasteiger partial charge in [0.15, 0.2) is 0 Å². The predicted octanol–water partition coefficient (Wildman–Crippen LogP) is 2.19. The largest absolute Gasteiger partial charge is 0.392 e. The first-order chi connectivity index (χ1) is 8.05. The zero-order valence-corrected chi connectivity index (χ0v) is 12.3. The molecule has 17 heavy (non-hydrogen) atoms. The zero-order valence-electron chi connectivity index (χ0n) is 10.7. The predicted molar refractivity (Wildman–Crippen MR) is 78.4 cm³/mol. The van der Waals surface area contributed by atoms with Gasteiger partial charge in [0.1, 0.15) is 0 Å². The van der Waals surface area contributed by atoms with Gasteiger partial charge in [-0.1, -0.05) is 25.6 Å². The van der Waals surface area contributed by atoms with Crippen molar-refractivity contribution in [1.82, 2.24) is 4.90 Å². The Morgan fingerprint density at radius 1 is 1.47 bits per heavy atom. The number of likely N-dealkylation sites (tertiary alicyclic amines) is 1. The van der Waals surface area contributed by atoms with Gasteiger partial charge in [0.05, 0.1) is 9.74 Å². The lowest BCUT2D eigenvalue weighted by molar-refractivity contribution is -0.132. The van der Waals surface area contributed by atoms with Crippen LogP contribution in [0.15, 0.2) is 0 Å². The second-order valence-electron chi connectivity index (χ2n) is 4.55. The molecule has 1 rings (SSSR count). The average molecular weight is 274 g/mol. The molecule has 0 aromatic rings. The van der Waals surface area contributed by atoms with Crippen LogP contribution in [0.2, 0.25) is 0 Å². The number of carbonyl (C=O) groups excluding carboxylic acids is 1. The van der Waals surface area contributed by atoms with E-state index >= 15 is 0 Å². The molecule has 0 aromatic carbocycles. The first-order valence-electron chi connectivity index (χ1n) is 6.18. The van der Waals surface area contributed by atoms with Crippen LogP contribution in [0.25, 0.3) is 0 Å². The summed E-state index contributed by atoms with van der Waals surface area (Å²) in [5.74, 6) is 0.282. The Hall–Kier alpha value is -0.290. The molecule has 0 aromatic heterocycles. The average Bonchev–Trinajstić information content (AvgIpc) is 2.35. The normalized spacial score (nSPS) is 19.1. The molecule has 1 heterocycles. The van der Waals surface area contributed by atoms with E-state index in [9.17, 15) is 4.79 Å². The van der Waals surface area contributed by atoms with E-state index in [1.165, 1.54) is 0 Å². The SMILES string of the molecule is CCCCC(=O)N1CCC(SC)(C(N)=S)CC1. The van der Waals surface area contributed by atoms with Crippen LogP contribution in [0, 0.1) is 0 Å². The summed E-state index contributed by atoms with van der Waals surface area (Å²) in [7, 11) is 0. The molecule has 0 atom stereocenters. The number of thiocarbonyl (C=S) groups is 1. The van der Waals surface area contributed by atoms with Crippen LogP contribution < -0.4 is 5.73 Å². The van der Waals surface area contributed by atoms with Crippen LogP contribution in [0.5, 0.6) is 0 Å². The van der Waals surface area contributed by atoms with Gasteiger partial charge in [-0.25, -0.2) is 0 Å². The molecule has 1 fully saturated rings. The number of hydrogen-bond donors (Lipinski definition) is 1. The Morgan fingerprint density at radius 3 is 2.47 bits per heavy atom. The van der Waals surface area contributed by atoms with Gasteiger partial charge in [-0.15, -0.1) is 0 Å². The van der Waals surface area contributed by atoms with Crippen molar-refractivity contribution in [3.8, 4) is 0 Å². The van der Waals surface area contributed by atoms with Gasteiger partial charge in [0.2, 0.25) is 5.91 Å². The van der Waals surface area contributed by atoms with Crippen LogP contribution in [0.1, 0.15) is 39.0 Å². The Morgan fingerprint density at radius 2 is 2.06 bits per heavy atom. The third-order valence-corrected chi connectivity index (χ3v) is 5.44. The lowest BCUT2D eigenvalue weighted by Crippen LogP contribution is -2.50. The standard InChI is InChI=1S/C12H22N2OS2/c1-3-4-5-10(15)14-8-6-12(17-2,7-9-14)11(13)16/h3-9H2,1-2H3,(H2,13,16). The Kier molecular flexibility index (Phi) is 5.73. The summed E-state index contributed by atoms with van der Waals surface area (Å²) >= 11 is 6.88. The minimum absolute atomic E-state index is 0.0864. The summed E-state index contributed by atoms with van der Waals surface area (Å²) < 4.78 is -0.0864. The molecular weight excluding hydrogens is 252 g/mol. The van der Waals surface area contributed by atoms with Crippen LogP contribution in [-0.4, -0.2) is 39.9 Å². The van der Waals surface area contributed by atoms with E-state index in [1.54, 1.807) is 11.8 Å². The molecule has 0 aliphatic carbocycles. The zero-order chi connectivity index (χ0) is 12.9. The second kappa shape index (κ2) is 6.59. The van der Waals surface area contributed by atoms with E-state index in [1.807, 2.05) is 11.2 Å². The molecule has 0 bridgehead atoms. The van der Waals surface area contributed by atoms with Crippen molar-refractivity contribution in [3.05, 3.63) is 0 Å². The Balaban J connectivity index is 2.49. The lowest BCUT2D eigenvalue weighted by atomic mass is 9.95. The number of piperidine rings is 1. The molecule has 98 valence electrons. The third kappa shape index (κ3) is 3.58. The lowest BCUT2D eigenvalue weighted by Gasteiger charge is -2.40. The van der Waals surface area contributed by atoms with Gasteiger partial charge in [0.25, 0.3) is 0 Å². The van der Waals surface area contributed by atoms with Gasteiger partial charge < -0.3 is 10.6 Å². The fraction of sp³-hybridized carbons (Fsp3) is 0.833. The molecule has 0 unspecified atom stereocenters. The van der Waals surface area contributed by atoms with E-state index < -0.39 is 0 Å². The number of carbonyl (C=O) groups is 1. The van der Waals surface area contributed by atoms with Gasteiger partial charge >= 0.3 is 0 Å². The molecule has 0 saturated carbocycles. The maximum Gasteiger partial charge on any atom is 0.222 e. The van der Waals surface area contributed by atoms with Crippen molar-refractivity contribution < 1.29 is 4.79 Å². The quantitative estimate of drug-likeness (QED) is 0.781. The first-order valence-corrected chi connectivity index (χ1v) is 7.82.